The highest BCUT2D eigenvalue weighted by Crippen LogP contribution is 2.20. The van der Waals surface area contributed by atoms with Crippen LogP contribution in [0.4, 0.5) is 0 Å². The van der Waals surface area contributed by atoms with Crippen LogP contribution in [0.5, 0.6) is 0 Å². The fourth-order valence-electron chi connectivity index (χ4n) is 3.89. The van der Waals surface area contributed by atoms with Crippen molar-refractivity contribution < 1.29 is 0 Å². The highest BCUT2D eigenvalue weighted by molar-refractivity contribution is 5.19. The topological polar surface area (TPSA) is 15.3 Å². The van der Waals surface area contributed by atoms with Crippen LogP contribution in [0.25, 0.3) is 0 Å². The first-order chi connectivity index (χ1) is 12.3. The molecule has 1 unspecified atom stereocenters. The lowest BCUT2D eigenvalue weighted by Gasteiger charge is -2.34. The van der Waals surface area contributed by atoms with Crippen LogP contribution in [0, 0.1) is 0 Å². The second kappa shape index (κ2) is 9.74. The number of hydrogen-bond acceptors (Lipinski definition) is 2. The van der Waals surface area contributed by atoms with E-state index in [9.17, 15) is 0 Å². The summed E-state index contributed by atoms with van der Waals surface area (Å²) in [6.45, 7) is 5.98. The van der Waals surface area contributed by atoms with Crippen LogP contribution in [0.15, 0.2) is 60.7 Å². The molecule has 2 nitrogen and oxygen atoms in total. The molecule has 1 saturated heterocycles. The van der Waals surface area contributed by atoms with Gasteiger partial charge in [-0.1, -0.05) is 67.6 Å². The lowest BCUT2D eigenvalue weighted by atomic mass is 9.99. The van der Waals surface area contributed by atoms with Gasteiger partial charge in [-0.3, -0.25) is 0 Å². The molecule has 25 heavy (non-hydrogen) atoms. The van der Waals surface area contributed by atoms with E-state index in [-0.39, 0.29) is 0 Å². The Kier molecular flexibility index (Phi) is 7.08. The number of nitrogens with zero attached hydrogens (tertiary/aromatic N) is 1. The van der Waals surface area contributed by atoms with Crippen molar-refractivity contribution >= 4 is 0 Å². The van der Waals surface area contributed by atoms with E-state index in [2.05, 4.69) is 77.8 Å². The van der Waals surface area contributed by atoms with Crippen LogP contribution in [0.3, 0.4) is 0 Å². The van der Waals surface area contributed by atoms with Gasteiger partial charge in [0.15, 0.2) is 0 Å². The standard InChI is InChI=1S/C23H32N2/c1-2-23(21-13-7-4-8-14-21)24-22-15-18-25(19-16-22)17-9-12-20-10-5-3-6-11-20/h3-8,10-11,13-14,22-24H,2,9,12,15-19H2,1H3. The number of benzene rings is 2. The summed E-state index contributed by atoms with van der Waals surface area (Å²) in [6.07, 6.45) is 6.17. The fraction of sp³-hybridized carbons (Fsp3) is 0.478. The number of piperidine rings is 1. The van der Waals surface area contributed by atoms with Crippen LogP contribution in [-0.4, -0.2) is 30.6 Å². The first-order valence-corrected chi connectivity index (χ1v) is 9.92. The van der Waals surface area contributed by atoms with E-state index in [1.54, 1.807) is 0 Å². The van der Waals surface area contributed by atoms with Crippen LogP contribution in [0.1, 0.15) is 49.8 Å². The van der Waals surface area contributed by atoms with Gasteiger partial charge in [-0.2, -0.15) is 0 Å². The Balaban J connectivity index is 1.38. The molecule has 2 heteroatoms. The SMILES string of the molecule is CCC(NC1CCN(CCCc2ccccc2)CC1)c1ccccc1. The Bertz CT molecular complexity index is 588. The van der Waals surface area contributed by atoms with E-state index in [1.807, 2.05) is 0 Å². The normalized spacial score (nSPS) is 17.5. The predicted molar refractivity (Wildman–Crippen MR) is 107 cm³/mol. The smallest absolute Gasteiger partial charge is 0.0320 e. The molecule has 0 aromatic heterocycles. The zero-order valence-electron chi connectivity index (χ0n) is 15.5. The summed E-state index contributed by atoms with van der Waals surface area (Å²) in [5.41, 5.74) is 2.89. The Morgan fingerprint density at radius 2 is 1.60 bits per heavy atom. The lowest BCUT2D eigenvalue weighted by Crippen LogP contribution is -2.43. The molecule has 3 rings (SSSR count). The molecule has 1 heterocycles. The molecule has 0 bridgehead atoms. The minimum Gasteiger partial charge on any atom is -0.307 e. The van der Waals surface area contributed by atoms with Crippen LogP contribution in [0.2, 0.25) is 0 Å². The number of hydrogen-bond donors (Lipinski definition) is 1. The third-order valence-electron chi connectivity index (χ3n) is 5.42. The summed E-state index contributed by atoms with van der Waals surface area (Å²) in [5, 5.41) is 3.90. The van der Waals surface area contributed by atoms with Gasteiger partial charge < -0.3 is 10.2 Å². The number of likely N-dealkylation sites (tertiary alicyclic amines) is 1. The monoisotopic (exact) mass is 336 g/mol. The van der Waals surface area contributed by atoms with Crippen LogP contribution in [-0.2, 0) is 6.42 Å². The third-order valence-corrected chi connectivity index (χ3v) is 5.42. The van der Waals surface area contributed by atoms with E-state index in [0.29, 0.717) is 12.1 Å². The van der Waals surface area contributed by atoms with E-state index in [0.717, 1.165) is 6.42 Å². The summed E-state index contributed by atoms with van der Waals surface area (Å²) in [5.74, 6) is 0. The van der Waals surface area contributed by atoms with Crippen molar-refractivity contribution in [2.24, 2.45) is 0 Å². The summed E-state index contributed by atoms with van der Waals surface area (Å²) in [6, 6.07) is 22.9. The summed E-state index contributed by atoms with van der Waals surface area (Å²) in [7, 11) is 0. The van der Waals surface area contributed by atoms with E-state index in [1.165, 1.54) is 56.4 Å². The number of nitrogens with one attached hydrogen (secondary N) is 1. The molecule has 1 N–H and O–H groups in total. The second-order valence-corrected chi connectivity index (χ2v) is 7.24. The predicted octanol–water partition coefficient (Wildman–Crippen LogP) is 4.82. The summed E-state index contributed by atoms with van der Waals surface area (Å²) in [4.78, 5) is 2.64. The first kappa shape index (κ1) is 18.2. The Labute approximate surface area is 153 Å². The van der Waals surface area contributed by atoms with Gasteiger partial charge in [0.05, 0.1) is 0 Å². The van der Waals surface area contributed by atoms with Gasteiger partial charge in [-0.15, -0.1) is 0 Å². The number of aryl methyl sites for hydroxylation is 1. The van der Waals surface area contributed by atoms with Crippen molar-refractivity contribution in [1.29, 1.82) is 0 Å². The maximum absolute atomic E-state index is 3.90. The molecule has 1 fully saturated rings. The highest BCUT2D eigenvalue weighted by atomic mass is 15.1. The largest absolute Gasteiger partial charge is 0.307 e. The molecule has 1 aliphatic rings. The van der Waals surface area contributed by atoms with Gasteiger partial charge in [0, 0.05) is 12.1 Å². The van der Waals surface area contributed by atoms with Gasteiger partial charge >= 0.3 is 0 Å². The van der Waals surface area contributed by atoms with Gasteiger partial charge in [0.1, 0.15) is 0 Å². The van der Waals surface area contributed by atoms with E-state index < -0.39 is 0 Å². The minimum absolute atomic E-state index is 0.496. The quantitative estimate of drug-likeness (QED) is 0.743. The molecule has 0 aliphatic carbocycles. The Morgan fingerprint density at radius 3 is 2.24 bits per heavy atom. The average molecular weight is 337 g/mol. The molecule has 1 atom stereocenters. The average Bonchev–Trinajstić information content (AvgIpc) is 2.69. The van der Waals surface area contributed by atoms with E-state index >= 15 is 0 Å². The molecule has 0 amide bonds. The summed E-state index contributed by atoms with van der Waals surface area (Å²) < 4.78 is 0. The molecule has 1 aliphatic heterocycles. The van der Waals surface area contributed by atoms with Gasteiger partial charge in [-0.25, -0.2) is 0 Å². The van der Waals surface area contributed by atoms with Gasteiger partial charge in [0.2, 0.25) is 0 Å². The maximum atomic E-state index is 3.90. The molecule has 134 valence electrons. The zero-order chi connectivity index (χ0) is 17.3. The maximum Gasteiger partial charge on any atom is 0.0320 e. The lowest BCUT2D eigenvalue weighted by molar-refractivity contribution is 0.188. The van der Waals surface area contributed by atoms with Crippen molar-refractivity contribution in [2.75, 3.05) is 19.6 Å². The summed E-state index contributed by atoms with van der Waals surface area (Å²) >= 11 is 0. The van der Waals surface area contributed by atoms with Gasteiger partial charge in [-0.05, 0) is 62.9 Å². The first-order valence-electron chi connectivity index (χ1n) is 9.92. The second-order valence-electron chi connectivity index (χ2n) is 7.24. The van der Waals surface area contributed by atoms with Crippen molar-refractivity contribution in [3.63, 3.8) is 0 Å². The van der Waals surface area contributed by atoms with Crippen LogP contribution < -0.4 is 5.32 Å². The highest BCUT2D eigenvalue weighted by Gasteiger charge is 2.21. The molecule has 0 radical (unpaired) electrons. The minimum atomic E-state index is 0.496. The number of rotatable bonds is 8. The molecule has 2 aromatic rings. The fourth-order valence-corrected chi connectivity index (χ4v) is 3.89. The van der Waals surface area contributed by atoms with E-state index in [4.69, 9.17) is 0 Å². The molecule has 0 saturated carbocycles. The van der Waals surface area contributed by atoms with Crippen LogP contribution >= 0.6 is 0 Å². The molecule has 0 spiro atoms. The Morgan fingerprint density at radius 1 is 0.960 bits per heavy atom. The Hall–Kier alpha value is -1.64. The third kappa shape index (κ3) is 5.69. The van der Waals surface area contributed by atoms with Crippen molar-refractivity contribution in [3.8, 4) is 0 Å². The van der Waals surface area contributed by atoms with Crippen molar-refractivity contribution in [3.05, 3.63) is 71.8 Å². The van der Waals surface area contributed by atoms with Crippen molar-refractivity contribution in [2.45, 2.75) is 51.1 Å². The molecule has 2 aromatic carbocycles. The molecular formula is C23H32N2. The van der Waals surface area contributed by atoms with Gasteiger partial charge in [0.25, 0.3) is 0 Å². The zero-order valence-corrected chi connectivity index (χ0v) is 15.5. The molecular weight excluding hydrogens is 304 g/mol. The van der Waals surface area contributed by atoms with Crippen molar-refractivity contribution in [1.82, 2.24) is 10.2 Å².